The molecule has 1 aromatic carbocycles. The maximum absolute atomic E-state index is 12.7. The number of hydroxylamine groups is 2. The van der Waals surface area contributed by atoms with Gasteiger partial charge in [-0.15, -0.1) is 24.5 Å². The van der Waals surface area contributed by atoms with Crippen LogP contribution in [0.4, 0.5) is 18.3 Å². The van der Waals surface area contributed by atoms with E-state index in [0.29, 0.717) is 28.2 Å². The van der Waals surface area contributed by atoms with Crippen molar-refractivity contribution in [2.24, 2.45) is 7.05 Å². The number of aryl methyl sites for hydroxylation is 1. The first-order valence-corrected chi connectivity index (χ1v) is 11.1. The van der Waals surface area contributed by atoms with Gasteiger partial charge in [0.25, 0.3) is 0 Å². The lowest BCUT2D eigenvalue weighted by Gasteiger charge is -2.36. The molecule has 0 aliphatic carbocycles. The molecule has 9 nitrogen and oxygen atoms in total. The SMILES string of the molecule is CC1C(=O)c2c(nn(C)c2CC(=O)Nc2nc(-c3cccc(OC(F)(F)F)c3)cs2)C(C)[NH+]1[O-]. The summed E-state index contributed by atoms with van der Waals surface area (Å²) in [4.78, 5) is 29.7. The van der Waals surface area contributed by atoms with Crippen LogP contribution in [0.1, 0.15) is 41.6 Å². The number of carbonyl (C=O) groups is 2. The molecule has 34 heavy (non-hydrogen) atoms. The molecule has 0 fully saturated rings. The number of aromatic nitrogens is 3. The zero-order valence-corrected chi connectivity index (χ0v) is 19.1. The van der Waals surface area contributed by atoms with Gasteiger partial charge in [-0.25, -0.2) is 4.98 Å². The molecule has 3 heterocycles. The molecule has 180 valence electrons. The predicted octanol–water partition coefficient (Wildman–Crippen LogP) is 2.65. The van der Waals surface area contributed by atoms with Gasteiger partial charge in [-0.3, -0.25) is 14.3 Å². The minimum atomic E-state index is -4.81. The van der Waals surface area contributed by atoms with Crippen molar-refractivity contribution in [2.45, 2.75) is 38.7 Å². The number of ketones is 1. The molecule has 4 rings (SSSR count). The predicted molar refractivity (Wildman–Crippen MR) is 116 cm³/mol. The highest BCUT2D eigenvalue weighted by molar-refractivity contribution is 7.14. The zero-order valence-electron chi connectivity index (χ0n) is 18.3. The first-order chi connectivity index (χ1) is 15.9. The molecule has 3 unspecified atom stereocenters. The van der Waals surface area contributed by atoms with Crippen molar-refractivity contribution >= 4 is 28.2 Å². The number of nitrogens with zero attached hydrogens (tertiary/aromatic N) is 3. The van der Waals surface area contributed by atoms with Gasteiger partial charge < -0.3 is 20.3 Å². The third-order valence-electron chi connectivity index (χ3n) is 5.54. The van der Waals surface area contributed by atoms with E-state index in [9.17, 15) is 28.0 Å². The summed E-state index contributed by atoms with van der Waals surface area (Å²) in [7, 11) is 1.60. The summed E-state index contributed by atoms with van der Waals surface area (Å²) in [5.41, 5.74) is 1.83. The van der Waals surface area contributed by atoms with E-state index in [1.54, 1.807) is 32.3 Å². The Labute approximate surface area is 195 Å². The van der Waals surface area contributed by atoms with E-state index in [0.717, 1.165) is 11.3 Å². The van der Waals surface area contributed by atoms with Crippen LogP contribution in [0.15, 0.2) is 29.6 Å². The molecular weight excluding hydrogens is 475 g/mol. The number of Topliss-reactive ketones (excluding diaryl/α,β-unsaturated/α-hetero) is 1. The van der Waals surface area contributed by atoms with Crippen molar-refractivity contribution in [3.05, 3.63) is 51.8 Å². The third-order valence-corrected chi connectivity index (χ3v) is 6.30. The van der Waals surface area contributed by atoms with Gasteiger partial charge in [-0.05, 0) is 26.0 Å². The number of hydrogen-bond acceptors (Lipinski definition) is 7. The van der Waals surface area contributed by atoms with Crippen LogP contribution in [0.3, 0.4) is 0 Å². The highest BCUT2D eigenvalue weighted by Crippen LogP contribution is 2.30. The molecule has 2 aromatic heterocycles. The number of rotatable bonds is 5. The summed E-state index contributed by atoms with van der Waals surface area (Å²) >= 11 is 1.10. The number of ether oxygens (including phenoxy) is 1. The second-order valence-electron chi connectivity index (χ2n) is 7.88. The van der Waals surface area contributed by atoms with E-state index in [2.05, 4.69) is 20.1 Å². The summed E-state index contributed by atoms with van der Waals surface area (Å²) in [5, 5.41) is 20.8. The lowest BCUT2D eigenvalue weighted by Crippen LogP contribution is -3.13. The molecule has 3 aromatic rings. The Morgan fingerprint density at radius 1 is 1.32 bits per heavy atom. The Kier molecular flexibility index (Phi) is 6.18. The quantitative estimate of drug-likeness (QED) is 0.526. The van der Waals surface area contributed by atoms with E-state index in [4.69, 9.17) is 0 Å². The molecule has 0 spiro atoms. The molecular formula is C21H20F3N5O4S. The molecule has 1 aliphatic heterocycles. The molecule has 0 bridgehead atoms. The number of halogens is 3. The fourth-order valence-electron chi connectivity index (χ4n) is 3.84. The molecule has 0 radical (unpaired) electrons. The van der Waals surface area contributed by atoms with Crippen LogP contribution < -0.4 is 15.1 Å². The normalized spacial score (nSPS) is 20.2. The Morgan fingerprint density at radius 2 is 2.06 bits per heavy atom. The summed E-state index contributed by atoms with van der Waals surface area (Å²) in [6.45, 7) is 3.24. The average molecular weight is 495 g/mol. The smallest absolute Gasteiger partial charge is 0.573 e. The van der Waals surface area contributed by atoms with Crippen molar-refractivity contribution < 1.29 is 32.6 Å². The first kappa shape index (κ1) is 23.9. The molecule has 0 saturated heterocycles. The Hall–Kier alpha value is -3.29. The van der Waals surface area contributed by atoms with Crippen molar-refractivity contribution in [1.29, 1.82) is 0 Å². The van der Waals surface area contributed by atoms with E-state index < -0.39 is 24.4 Å². The van der Waals surface area contributed by atoms with Crippen molar-refractivity contribution in [3.63, 3.8) is 0 Å². The Morgan fingerprint density at radius 3 is 2.76 bits per heavy atom. The maximum Gasteiger partial charge on any atom is 0.573 e. The Balaban J connectivity index is 1.50. The van der Waals surface area contributed by atoms with Gasteiger partial charge in [0.2, 0.25) is 11.7 Å². The molecule has 3 atom stereocenters. The van der Waals surface area contributed by atoms with E-state index in [1.165, 1.54) is 22.9 Å². The van der Waals surface area contributed by atoms with E-state index in [-0.39, 0.29) is 28.1 Å². The number of quaternary nitrogens is 1. The fraction of sp³-hybridized carbons (Fsp3) is 0.333. The molecule has 2 N–H and O–H groups in total. The summed E-state index contributed by atoms with van der Waals surface area (Å²) in [5.74, 6) is -1.19. The number of fused-ring (bicyclic) bond motifs is 1. The van der Waals surface area contributed by atoms with Crippen LogP contribution >= 0.6 is 11.3 Å². The van der Waals surface area contributed by atoms with Gasteiger partial charge in [-0.2, -0.15) is 5.10 Å². The number of carbonyl (C=O) groups excluding carboxylic acids is 2. The van der Waals surface area contributed by atoms with Crippen LogP contribution in [0.5, 0.6) is 5.75 Å². The van der Waals surface area contributed by atoms with Crippen LogP contribution in [-0.2, 0) is 18.3 Å². The summed E-state index contributed by atoms with van der Waals surface area (Å²) in [6, 6.07) is 4.02. The number of hydrogen-bond donors (Lipinski definition) is 2. The lowest BCUT2D eigenvalue weighted by molar-refractivity contribution is -0.895. The van der Waals surface area contributed by atoms with Crippen molar-refractivity contribution in [3.8, 4) is 17.0 Å². The second-order valence-corrected chi connectivity index (χ2v) is 8.74. The number of anilines is 1. The highest BCUT2D eigenvalue weighted by Gasteiger charge is 2.40. The van der Waals surface area contributed by atoms with Crippen molar-refractivity contribution in [2.75, 3.05) is 5.32 Å². The molecule has 1 aliphatic rings. The largest absolute Gasteiger partial charge is 0.633 e. The molecule has 0 saturated carbocycles. The number of alkyl halides is 3. The van der Waals surface area contributed by atoms with Gasteiger partial charge in [0.05, 0.1) is 23.4 Å². The number of thiazole rings is 1. The third kappa shape index (κ3) is 4.67. The average Bonchev–Trinajstić information content (AvgIpc) is 3.34. The Bertz CT molecular complexity index is 1260. The van der Waals surface area contributed by atoms with Crippen LogP contribution in [0.2, 0.25) is 0 Å². The van der Waals surface area contributed by atoms with Gasteiger partial charge in [-0.1, -0.05) is 12.1 Å². The fourth-order valence-corrected chi connectivity index (χ4v) is 4.58. The van der Waals surface area contributed by atoms with Gasteiger partial charge >= 0.3 is 6.36 Å². The van der Waals surface area contributed by atoms with Crippen molar-refractivity contribution in [1.82, 2.24) is 14.8 Å². The summed E-state index contributed by atoms with van der Waals surface area (Å²) in [6.07, 6.45) is -4.98. The minimum absolute atomic E-state index is 0.165. The van der Waals surface area contributed by atoms with Gasteiger partial charge in [0.1, 0.15) is 23.5 Å². The molecule has 1 amide bonds. The number of amides is 1. The first-order valence-electron chi connectivity index (χ1n) is 10.2. The summed E-state index contributed by atoms with van der Waals surface area (Å²) < 4.78 is 42.8. The monoisotopic (exact) mass is 495 g/mol. The highest BCUT2D eigenvalue weighted by atomic mass is 32.1. The number of nitrogens with one attached hydrogen (secondary N) is 2. The van der Waals surface area contributed by atoms with E-state index >= 15 is 0 Å². The van der Waals surface area contributed by atoms with Gasteiger partial charge in [0, 0.05) is 18.0 Å². The minimum Gasteiger partial charge on any atom is -0.633 e. The maximum atomic E-state index is 12.7. The van der Waals surface area contributed by atoms with Crippen LogP contribution in [0.25, 0.3) is 11.3 Å². The zero-order chi connectivity index (χ0) is 24.8. The molecule has 13 heteroatoms. The van der Waals surface area contributed by atoms with Gasteiger partial charge in [0.15, 0.2) is 5.13 Å². The van der Waals surface area contributed by atoms with E-state index in [1.807, 2.05) is 0 Å². The number of benzene rings is 1. The standard InChI is InChI=1S/C21H20F3N5O4S/c1-10-18-17(19(31)11(2)29(10)32)15(28(3)27-18)8-16(30)26-20-25-14(9-34-20)12-5-4-6-13(7-12)33-21(22,23)24/h4-7,9-11,29H,8H2,1-3H3,(H,25,26,30). The van der Waals surface area contributed by atoms with Crippen LogP contribution in [-0.4, -0.2) is 38.9 Å². The second kappa shape index (κ2) is 8.81. The van der Waals surface area contributed by atoms with Crippen LogP contribution in [0, 0.1) is 5.21 Å². The lowest BCUT2D eigenvalue weighted by atomic mass is 9.93. The topological polar surface area (TPSA) is 114 Å².